The summed E-state index contributed by atoms with van der Waals surface area (Å²) < 4.78 is 0. The molecule has 0 aromatic rings. The lowest BCUT2D eigenvalue weighted by molar-refractivity contribution is -0.143. The van der Waals surface area contributed by atoms with Gasteiger partial charge >= 0.3 is 6.03 Å². The van der Waals surface area contributed by atoms with Gasteiger partial charge in [-0.05, 0) is 25.7 Å². The normalized spacial score (nSPS) is 20.8. The van der Waals surface area contributed by atoms with Crippen molar-refractivity contribution >= 4 is 11.9 Å². The van der Waals surface area contributed by atoms with E-state index in [1.165, 1.54) is 0 Å². The first-order valence-electron chi connectivity index (χ1n) is 8.12. The van der Waals surface area contributed by atoms with Gasteiger partial charge in [0, 0.05) is 38.8 Å². The molecule has 2 saturated heterocycles. The number of hydrogen-bond acceptors (Lipinski definition) is 3. The summed E-state index contributed by atoms with van der Waals surface area (Å²) in [5.41, 5.74) is 5.47. The predicted molar refractivity (Wildman–Crippen MR) is 81.8 cm³/mol. The molecule has 2 rings (SSSR count). The summed E-state index contributed by atoms with van der Waals surface area (Å²) in [6.45, 7) is 7.47. The van der Waals surface area contributed by atoms with Crippen LogP contribution in [-0.2, 0) is 4.79 Å². The fourth-order valence-corrected chi connectivity index (χ4v) is 3.48. The first-order valence-corrected chi connectivity index (χ1v) is 8.12. The maximum absolute atomic E-state index is 12.8. The zero-order chi connectivity index (χ0) is 15.5. The highest BCUT2D eigenvalue weighted by atomic mass is 16.2. The summed E-state index contributed by atoms with van der Waals surface area (Å²) >= 11 is 0. The number of rotatable bonds is 5. The van der Waals surface area contributed by atoms with Crippen molar-refractivity contribution in [1.82, 2.24) is 15.1 Å². The first kappa shape index (κ1) is 16.1. The average Bonchev–Trinajstić information content (AvgIpc) is 2.96. The molecule has 3 amide bonds. The van der Waals surface area contributed by atoms with Gasteiger partial charge < -0.3 is 20.9 Å². The van der Waals surface area contributed by atoms with Crippen LogP contribution in [0.3, 0.4) is 0 Å². The summed E-state index contributed by atoms with van der Waals surface area (Å²) in [6, 6.07) is 0.310. The second-order valence-corrected chi connectivity index (χ2v) is 6.14. The van der Waals surface area contributed by atoms with Crippen LogP contribution in [0.4, 0.5) is 4.79 Å². The van der Waals surface area contributed by atoms with Crippen molar-refractivity contribution in [2.24, 2.45) is 11.1 Å². The number of nitrogens with one attached hydrogen (secondary N) is 1. The summed E-state index contributed by atoms with van der Waals surface area (Å²) in [6.07, 6.45) is 3.31. The number of carbonyl (C=O) groups is 2. The van der Waals surface area contributed by atoms with E-state index in [2.05, 4.69) is 5.32 Å². The molecule has 120 valence electrons. The maximum atomic E-state index is 12.8. The Bertz CT molecular complexity index is 379. The zero-order valence-electron chi connectivity index (χ0n) is 13.2. The smallest absolute Gasteiger partial charge is 0.317 e. The number of hydrogen-bond donors (Lipinski definition) is 2. The third kappa shape index (κ3) is 3.00. The van der Waals surface area contributed by atoms with Crippen LogP contribution >= 0.6 is 0 Å². The number of nitrogens with zero attached hydrogens (tertiary/aromatic N) is 2. The minimum atomic E-state index is -0.405. The van der Waals surface area contributed by atoms with Crippen LogP contribution in [0.25, 0.3) is 0 Å². The average molecular weight is 296 g/mol. The van der Waals surface area contributed by atoms with E-state index in [-0.39, 0.29) is 18.0 Å². The van der Waals surface area contributed by atoms with Crippen molar-refractivity contribution < 1.29 is 9.59 Å². The van der Waals surface area contributed by atoms with Gasteiger partial charge in [0.2, 0.25) is 5.91 Å². The number of urea groups is 1. The van der Waals surface area contributed by atoms with Gasteiger partial charge in [-0.25, -0.2) is 4.79 Å². The van der Waals surface area contributed by atoms with E-state index in [0.717, 1.165) is 51.9 Å². The lowest BCUT2D eigenvalue weighted by atomic mass is 9.80. The van der Waals surface area contributed by atoms with Crippen LogP contribution in [0.15, 0.2) is 0 Å². The van der Waals surface area contributed by atoms with Gasteiger partial charge in [-0.2, -0.15) is 0 Å². The van der Waals surface area contributed by atoms with Gasteiger partial charge in [0.15, 0.2) is 0 Å². The van der Waals surface area contributed by atoms with E-state index < -0.39 is 5.41 Å². The maximum Gasteiger partial charge on any atom is 0.317 e. The van der Waals surface area contributed by atoms with E-state index >= 15 is 0 Å². The SMILES string of the molecule is CCC(CC)(CN)C(=O)N1CCC(N2CCNC2=O)CC1. The quantitative estimate of drug-likeness (QED) is 0.786. The molecule has 21 heavy (non-hydrogen) atoms. The fourth-order valence-electron chi connectivity index (χ4n) is 3.48. The Labute approximate surface area is 127 Å². The Morgan fingerprint density at radius 2 is 1.90 bits per heavy atom. The lowest BCUT2D eigenvalue weighted by Gasteiger charge is -2.40. The second-order valence-electron chi connectivity index (χ2n) is 6.14. The molecule has 0 aliphatic carbocycles. The molecule has 2 aliphatic rings. The highest BCUT2D eigenvalue weighted by Gasteiger charge is 2.39. The molecule has 2 fully saturated rings. The summed E-state index contributed by atoms with van der Waals surface area (Å²) in [5, 5.41) is 2.84. The van der Waals surface area contributed by atoms with E-state index in [4.69, 9.17) is 5.73 Å². The minimum Gasteiger partial charge on any atom is -0.342 e. The molecule has 0 bridgehead atoms. The Hall–Kier alpha value is -1.30. The first-order chi connectivity index (χ1) is 10.1. The highest BCUT2D eigenvalue weighted by Crippen LogP contribution is 2.30. The standard InChI is InChI=1S/C15H28N4O2/c1-3-15(4-2,11-16)13(20)18-8-5-12(6-9-18)19-10-7-17-14(19)21/h12H,3-11,16H2,1-2H3,(H,17,21). The summed E-state index contributed by atoms with van der Waals surface area (Å²) in [4.78, 5) is 28.3. The van der Waals surface area contributed by atoms with Gasteiger partial charge in [-0.1, -0.05) is 13.8 Å². The van der Waals surface area contributed by atoms with E-state index in [1.54, 1.807) is 0 Å². The molecule has 6 nitrogen and oxygen atoms in total. The van der Waals surface area contributed by atoms with E-state index in [0.29, 0.717) is 6.54 Å². The van der Waals surface area contributed by atoms with Gasteiger partial charge in [-0.15, -0.1) is 0 Å². The highest BCUT2D eigenvalue weighted by molar-refractivity contribution is 5.83. The molecular formula is C15H28N4O2. The topological polar surface area (TPSA) is 78.7 Å². The number of nitrogens with two attached hydrogens (primary N) is 1. The van der Waals surface area contributed by atoms with Crippen LogP contribution in [0.1, 0.15) is 39.5 Å². The molecule has 2 heterocycles. The molecule has 0 unspecified atom stereocenters. The fraction of sp³-hybridized carbons (Fsp3) is 0.867. The molecule has 0 aromatic heterocycles. The van der Waals surface area contributed by atoms with E-state index in [1.807, 2.05) is 23.6 Å². The molecule has 2 aliphatic heterocycles. The third-order valence-corrected chi connectivity index (χ3v) is 5.28. The number of likely N-dealkylation sites (tertiary alicyclic amines) is 1. The van der Waals surface area contributed by atoms with Crippen molar-refractivity contribution in [1.29, 1.82) is 0 Å². The lowest BCUT2D eigenvalue weighted by Crippen LogP contribution is -2.53. The second kappa shape index (κ2) is 6.64. The van der Waals surface area contributed by atoms with Crippen LogP contribution in [0.5, 0.6) is 0 Å². The van der Waals surface area contributed by atoms with Gasteiger partial charge in [0.05, 0.1) is 5.41 Å². The molecule has 0 atom stereocenters. The van der Waals surface area contributed by atoms with Crippen molar-refractivity contribution in [3.8, 4) is 0 Å². The van der Waals surface area contributed by atoms with Crippen molar-refractivity contribution in [3.63, 3.8) is 0 Å². The Morgan fingerprint density at radius 3 is 2.33 bits per heavy atom. The molecule has 6 heteroatoms. The molecule has 0 radical (unpaired) electrons. The number of carbonyl (C=O) groups excluding carboxylic acids is 2. The molecule has 0 saturated carbocycles. The van der Waals surface area contributed by atoms with Gasteiger partial charge in [-0.3, -0.25) is 4.79 Å². The predicted octanol–water partition coefficient (Wildman–Crippen LogP) is 0.768. The third-order valence-electron chi connectivity index (χ3n) is 5.28. The van der Waals surface area contributed by atoms with E-state index in [9.17, 15) is 9.59 Å². The Morgan fingerprint density at radius 1 is 1.29 bits per heavy atom. The molecule has 3 N–H and O–H groups in total. The monoisotopic (exact) mass is 296 g/mol. The summed E-state index contributed by atoms with van der Waals surface area (Å²) in [7, 11) is 0. The zero-order valence-corrected chi connectivity index (χ0v) is 13.2. The van der Waals surface area contributed by atoms with Crippen molar-refractivity contribution in [2.75, 3.05) is 32.7 Å². The van der Waals surface area contributed by atoms with Gasteiger partial charge in [0.25, 0.3) is 0 Å². The molecule has 0 aromatic carbocycles. The van der Waals surface area contributed by atoms with Crippen molar-refractivity contribution in [3.05, 3.63) is 0 Å². The van der Waals surface area contributed by atoms with Crippen LogP contribution in [0, 0.1) is 5.41 Å². The van der Waals surface area contributed by atoms with Crippen LogP contribution in [0.2, 0.25) is 0 Å². The van der Waals surface area contributed by atoms with Crippen molar-refractivity contribution in [2.45, 2.75) is 45.6 Å². The largest absolute Gasteiger partial charge is 0.342 e. The minimum absolute atomic E-state index is 0.0400. The van der Waals surface area contributed by atoms with Crippen LogP contribution in [-0.4, -0.2) is 60.5 Å². The molecular weight excluding hydrogens is 268 g/mol. The molecule has 0 spiro atoms. The Balaban J connectivity index is 1.94. The van der Waals surface area contributed by atoms with Gasteiger partial charge in [0.1, 0.15) is 0 Å². The number of amides is 3. The Kier molecular flexibility index (Phi) is 5.08. The summed E-state index contributed by atoms with van der Waals surface area (Å²) in [5.74, 6) is 0.194. The number of piperidine rings is 1. The van der Waals surface area contributed by atoms with Crippen LogP contribution < -0.4 is 11.1 Å².